The molecule has 0 aliphatic carbocycles. The minimum Gasteiger partial charge on any atom is -0.378 e. The maximum Gasteiger partial charge on any atom is 0.229 e. The summed E-state index contributed by atoms with van der Waals surface area (Å²) < 4.78 is 55.3. The van der Waals surface area contributed by atoms with Crippen molar-refractivity contribution in [2.24, 2.45) is 4.99 Å². The van der Waals surface area contributed by atoms with Gasteiger partial charge in [-0.2, -0.15) is 4.31 Å². The van der Waals surface area contributed by atoms with Crippen LogP contribution in [0, 0.1) is 20.8 Å². The summed E-state index contributed by atoms with van der Waals surface area (Å²) in [5.74, 6) is 0.0954. The third kappa shape index (κ3) is 5.56. The zero-order chi connectivity index (χ0) is 29.0. The highest BCUT2D eigenvalue weighted by Crippen LogP contribution is 2.41. The monoisotopic (exact) mass is 648 g/mol. The normalized spacial score (nSPS) is 17.6. The molecule has 0 amide bonds. The lowest BCUT2D eigenvalue weighted by molar-refractivity contribution is 0.475. The number of nitrogens with one attached hydrogen (secondary N) is 2. The number of benzene rings is 1. The molecule has 10 nitrogen and oxygen atoms in total. The van der Waals surface area contributed by atoms with Crippen LogP contribution in [0.5, 0.6) is 0 Å². The minimum absolute atomic E-state index is 0.0239. The Bertz CT molecular complexity index is 1750. The molecule has 2 aliphatic heterocycles. The van der Waals surface area contributed by atoms with E-state index in [9.17, 15) is 16.8 Å². The number of sulfonamides is 2. The number of aromatic nitrogens is 2. The van der Waals surface area contributed by atoms with Crippen LogP contribution in [0.25, 0.3) is 5.69 Å². The van der Waals surface area contributed by atoms with Crippen LogP contribution < -0.4 is 10.0 Å². The van der Waals surface area contributed by atoms with E-state index >= 15 is 0 Å². The van der Waals surface area contributed by atoms with Crippen LogP contribution in [0.1, 0.15) is 41.6 Å². The smallest absolute Gasteiger partial charge is 0.229 e. The molecule has 40 heavy (non-hydrogen) atoms. The second-order valence-corrected chi connectivity index (χ2v) is 15.3. The Morgan fingerprint density at radius 3 is 2.58 bits per heavy atom. The second-order valence-electron chi connectivity index (χ2n) is 10.4. The zero-order valence-electron chi connectivity index (χ0n) is 23.1. The zero-order valence-corrected chi connectivity index (χ0v) is 26.3. The summed E-state index contributed by atoms with van der Waals surface area (Å²) in [4.78, 5) is 9.67. The highest BCUT2D eigenvalue weighted by molar-refractivity contribution is 9.10. The van der Waals surface area contributed by atoms with Gasteiger partial charge in [0.05, 0.1) is 44.9 Å². The standard InChI is InChI=1S/C27H33BrN6O4S2/c1-6-40(37,38)33-10-9-20(15-33)30-26-22(28)14-29-24-13-23(31-27(24)26)21-11-17(3)34(18(21)4)25-12-19(8-7-16(25)2)32-39(5,35)36/h7-8,11-12,14,20,32H,6,9-10,13,15H2,1-5H3,(H,29,30). The highest BCUT2D eigenvalue weighted by atomic mass is 79.9. The van der Waals surface area contributed by atoms with E-state index in [1.165, 1.54) is 0 Å². The summed E-state index contributed by atoms with van der Waals surface area (Å²) in [6.45, 7) is 8.64. The van der Waals surface area contributed by atoms with E-state index in [1.807, 2.05) is 32.9 Å². The van der Waals surface area contributed by atoms with Gasteiger partial charge in [0.2, 0.25) is 20.0 Å². The molecule has 214 valence electrons. The van der Waals surface area contributed by atoms with Crippen molar-refractivity contribution >= 4 is 58.8 Å². The molecule has 1 saturated heterocycles. The summed E-state index contributed by atoms with van der Waals surface area (Å²) in [5, 5.41) is 3.54. The lowest BCUT2D eigenvalue weighted by Gasteiger charge is -2.18. The van der Waals surface area contributed by atoms with Crippen molar-refractivity contribution in [1.82, 2.24) is 13.9 Å². The fourth-order valence-electron chi connectivity index (χ4n) is 5.43. The number of anilines is 2. The van der Waals surface area contributed by atoms with Crippen LogP contribution in [0.2, 0.25) is 0 Å². The van der Waals surface area contributed by atoms with E-state index in [2.05, 4.69) is 41.6 Å². The number of aliphatic imine (C=N–C) groups is 1. The SMILES string of the molecule is CCS(=O)(=O)N1CCC(Nc2c(Br)cnc3c2N=C(c2cc(C)n(-c4cc(NS(C)(=O)=O)ccc4C)c2C)C3)C1. The third-order valence-electron chi connectivity index (χ3n) is 7.42. The molecule has 13 heteroatoms. The van der Waals surface area contributed by atoms with E-state index in [1.54, 1.807) is 23.5 Å². The predicted octanol–water partition coefficient (Wildman–Crippen LogP) is 4.44. The Morgan fingerprint density at radius 2 is 1.88 bits per heavy atom. The van der Waals surface area contributed by atoms with E-state index in [-0.39, 0.29) is 11.8 Å². The summed E-state index contributed by atoms with van der Waals surface area (Å²) in [7, 11) is -6.63. The molecule has 0 bridgehead atoms. The lowest BCUT2D eigenvalue weighted by Crippen LogP contribution is -2.32. The number of hydrogen-bond donors (Lipinski definition) is 2. The summed E-state index contributed by atoms with van der Waals surface area (Å²) >= 11 is 3.62. The maximum atomic E-state index is 12.3. The number of aryl methyl sites for hydroxylation is 2. The second kappa shape index (κ2) is 10.6. The first kappa shape index (κ1) is 28.8. The van der Waals surface area contributed by atoms with Crippen molar-refractivity contribution < 1.29 is 16.8 Å². The van der Waals surface area contributed by atoms with Gasteiger partial charge in [0.1, 0.15) is 5.69 Å². The van der Waals surface area contributed by atoms with Crippen LogP contribution in [-0.4, -0.2) is 67.5 Å². The topological polar surface area (TPSA) is 126 Å². The van der Waals surface area contributed by atoms with Gasteiger partial charge in [0, 0.05) is 48.7 Å². The third-order valence-corrected chi connectivity index (χ3v) is 10.5. The lowest BCUT2D eigenvalue weighted by atomic mass is 10.1. The molecule has 1 unspecified atom stereocenters. The number of nitrogens with zero attached hydrogens (tertiary/aromatic N) is 4. The molecule has 1 fully saturated rings. The van der Waals surface area contributed by atoms with Gasteiger partial charge >= 0.3 is 0 Å². The van der Waals surface area contributed by atoms with E-state index in [0.29, 0.717) is 31.6 Å². The molecule has 1 aromatic carbocycles. The van der Waals surface area contributed by atoms with Gasteiger partial charge in [-0.05, 0) is 73.8 Å². The van der Waals surface area contributed by atoms with Crippen molar-refractivity contribution in [2.45, 2.75) is 46.6 Å². The molecule has 4 heterocycles. The summed E-state index contributed by atoms with van der Waals surface area (Å²) in [5.41, 5.74) is 8.74. The summed E-state index contributed by atoms with van der Waals surface area (Å²) in [6.07, 6.45) is 4.18. The molecular weight excluding hydrogens is 616 g/mol. The van der Waals surface area contributed by atoms with E-state index < -0.39 is 20.0 Å². The fraction of sp³-hybridized carbons (Fsp3) is 0.407. The quantitative estimate of drug-likeness (QED) is 0.372. The average Bonchev–Trinajstić information content (AvgIpc) is 3.59. The number of pyridine rings is 1. The minimum atomic E-state index is -3.40. The molecule has 2 aliphatic rings. The maximum absolute atomic E-state index is 12.3. The first-order valence-electron chi connectivity index (χ1n) is 13.0. The Hall–Kier alpha value is -2.74. The molecule has 3 aromatic rings. The van der Waals surface area contributed by atoms with Gasteiger partial charge in [-0.3, -0.25) is 9.71 Å². The van der Waals surface area contributed by atoms with E-state index in [0.717, 1.165) is 61.7 Å². The number of halogens is 1. The van der Waals surface area contributed by atoms with Crippen molar-refractivity contribution in [3.63, 3.8) is 0 Å². The largest absolute Gasteiger partial charge is 0.378 e. The summed E-state index contributed by atoms with van der Waals surface area (Å²) in [6, 6.07) is 7.58. The number of hydrogen-bond acceptors (Lipinski definition) is 7. The Balaban J connectivity index is 1.47. The number of rotatable bonds is 8. The van der Waals surface area contributed by atoms with Gasteiger partial charge in [0.15, 0.2) is 0 Å². The Labute approximate surface area is 244 Å². The molecule has 0 saturated carbocycles. The average molecular weight is 650 g/mol. The molecule has 2 aromatic heterocycles. The predicted molar refractivity (Wildman–Crippen MR) is 163 cm³/mol. The molecule has 0 spiro atoms. The van der Waals surface area contributed by atoms with Crippen LogP contribution >= 0.6 is 15.9 Å². The first-order chi connectivity index (χ1) is 18.8. The van der Waals surface area contributed by atoms with Crippen molar-refractivity contribution in [1.29, 1.82) is 0 Å². The van der Waals surface area contributed by atoms with Gasteiger partial charge in [-0.25, -0.2) is 21.8 Å². The highest BCUT2D eigenvalue weighted by Gasteiger charge is 2.32. The van der Waals surface area contributed by atoms with Crippen molar-refractivity contribution in [2.75, 3.05) is 35.1 Å². The van der Waals surface area contributed by atoms with Crippen LogP contribution in [-0.2, 0) is 26.5 Å². The molecule has 2 N–H and O–H groups in total. The van der Waals surface area contributed by atoms with Crippen LogP contribution in [0.15, 0.2) is 39.9 Å². The molecule has 0 radical (unpaired) electrons. The Kier molecular flexibility index (Phi) is 7.62. The van der Waals surface area contributed by atoms with Crippen LogP contribution in [0.4, 0.5) is 17.1 Å². The number of fused-ring (bicyclic) bond motifs is 1. The van der Waals surface area contributed by atoms with Gasteiger partial charge in [-0.15, -0.1) is 0 Å². The fourth-order valence-corrected chi connectivity index (χ4v) is 7.55. The molecular formula is C27H33BrN6O4S2. The molecule has 5 rings (SSSR count). The van der Waals surface area contributed by atoms with Gasteiger partial charge in [-0.1, -0.05) is 6.07 Å². The first-order valence-corrected chi connectivity index (χ1v) is 17.3. The Morgan fingerprint density at radius 1 is 1.12 bits per heavy atom. The van der Waals surface area contributed by atoms with Crippen LogP contribution in [0.3, 0.4) is 0 Å². The van der Waals surface area contributed by atoms with Gasteiger partial charge in [0.25, 0.3) is 0 Å². The van der Waals surface area contributed by atoms with E-state index in [4.69, 9.17) is 4.99 Å². The van der Waals surface area contributed by atoms with Crippen molar-refractivity contribution in [3.05, 3.63) is 63.1 Å². The van der Waals surface area contributed by atoms with Crippen molar-refractivity contribution in [3.8, 4) is 5.69 Å². The molecule has 1 atom stereocenters. The van der Waals surface area contributed by atoms with Gasteiger partial charge < -0.3 is 9.88 Å².